The first-order valence-electron chi connectivity index (χ1n) is 6.96. The Kier molecular flexibility index (Phi) is 3.33. The van der Waals surface area contributed by atoms with Crippen LogP contribution in [0.4, 0.5) is 5.69 Å². The summed E-state index contributed by atoms with van der Waals surface area (Å²) in [6.07, 6.45) is 1.34. The van der Waals surface area contributed by atoms with Crippen LogP contribution in [0.2, 0.25) is 0 Å². The van der Waals surface area contributed by atoms with Crippen molar-refractivity contribution in [3.8, 4) is 6.07 Å². The van der Waals surface area contributed by atoms with Crippen molar-refractivity contribution in [3.05, 3.63) is 42.0 Å². The topological polar surface area (TPSA) is 36.3 Å². The molecule has 102 valence electrons. The average Bonchev–Trinajstić information content (AvgIpc) is 2.87. The molecule has 0 spiro atoms. The largest absolute Gasteiger partial charge is 0.380 e. The number of nitriles is 1. The van der Waals surface area contributed by atoms with E-state index < -0.39 is 0 Å². The molecular formula is C17H18N2O. The number of methoxy groups -OCH3 is 1. The molecule has 2 unspecified atom stereocenters. The van der Waals surface area contributed by atoms with Gasteiger partial charge in [0.2, 0.25) is 0 Å². The molecule has 0 radical (unpaired) electrons. The first-order valence-corrected chi connectivity index (χ1v) is 6.96. The van der Waals surface area contributed by atoms with E-state index in [-0.39, 0.29) is 0 Å². The van der Waals surface area contributed by atoms with Crippen molar-refractivity contribution >= 4 is 16.5 Å². The number of fused-ring (bicyclic) bond motifs is 1. The summed E-state index contributed by atoms with van der Waals surface area (Å²) < 4.78 is 5.50. The van der Waals surface area contributed by atoms with Gasteiger partial charge < -0.3 is 9.64 Å². The van der Waals surface area contributed by atoms with Gasteiger partial charge in [-0.15, -0.1) is 0 Å². The number of anilines is 1. The van der Waals surface area contributed by atoms with E-state index in [9.17, 15) is 5.26 Å². The van der Waals surface area contributed by atoms with Crippen LogP contribution in [0.5, 0.6) is 0 Å². The summed E-state index contributed by atoms with van der Waals surface area (Å²) >= 11 is 0. The maximum atomic E-state index is 9.24. The van der Waals surface area contributed by atoms with E-state index in [1.54, 1.807) is 7.11 Å². The summed E-state index contributed by atoms with van der Waals surface area (Å²) in [7, 11) is 1.78. The van der Waals surface area contributed by atoms with Gasteiger partial charge in [0.05, 0.1) is 17.7 Å². The molecule has 1 saturated heterocycles. The fourth-order valence-corrected chi connectivity index (χ4v) is 3.12. The molecule has 0 aliphatic carbocycles. The minimum absolute atomic E-state index is 0.291. The summed E-state index contributed by atoms with van der Waals surface area (Å²) in [4.78, 5) is 2.39. The van der Waals surface area contributed by atoms with Gasteiger partial charge in [-0.05, 0) is 25.5 Å². The molecule has 1 aliphatic heterocycles. The van der Waals surface area contributed by atoms with E-state index in [0.717, 1.165) is 29.3 Å². The summed E-state index contributed by atoms with van der Waals surface area (Å²) in [6.45, 7) is 3.14. The first kappa shape index (κ1) is 13.0. The Morgan fingerprint density at radius 2 is 1.95 bits per heavy atom. The Hall–Kier alpha value is -2.05. The number of hydrogen-bond donors (Lipinski definition) is 0. The molecule has 0 saturated carbocycles. The molecule has 2 atom stereocenters. The van der Waals surface area contributed by atoms with E-state index in [2.05, 4.69) is 30.0 Å². The molecule has 1 heterocycles. The smallest absolute Gasteiger partial charge is 0.0998 e. The molecule has 2 aromatic rings. The van der Waals surface area contributed by atoms with Gasteiger partial charge in [-0.3, -0.25) is 0 Å². The van der Waals surface area contributed by atoms with Crippen LogP contribution in [-0.2, 0) is 4.74 Å². The summed E-state index contributed by atoms with van der Waals surface area (Å²) in [5.41, 5.74) is 1.94. The van der Waals surface area contributed by atoms with Gasteiger partial charge >= 0.3 is 0 Å². The highest BCUT2D eigenvalue weighted by molar-refractivity contribution is 5.98. The monoisotopic (exact) mass is 266 g/mol. The van der Waals surface area contributed by atoms with Crippen molar-refractivity contribution in [1.29, 1.82) is 5.26 Å². The van der Waals surface area contributed by atoms with Gasteiger partial charge in [0.15, 0.2) is 0 Å². The van der Waals surface area contributed by atoms with E-state index >= 15 is 0 Å². The van der Waals surface area contributed by atoms with Crippen LogP contribution in [0, 0.1) is 11.3 Å². The van der Waals surface area contributed by atoms with Crippen LogP contribution < -0.4 is 4.90 Å². The number of benzene rings is 2. The standard InChI is InChI=1S/C17H18N2O/c1-12-9-14(20-2)11-19(12)17-8-7-13(10-18)15-5-3-4-6-16(15)17/h3-8,12,14H,9,11H2,1-2H3. The maximum absolute atomic E-state index is 9.24. The lowest BCUT2D eigenvalue weighted by molar-refractivity contribution is 0.119. The van der Waals surface area contributed by atoms with Crippen molar-refractivity contribution in [2.45, 2.75) is 25.5 Å². The quantitative estimate of drug-likeness (QED) is 0.836. The summed E-state index contributed by atoms with van der Waals surface area (Å²) in [6, 6.07) is 14.8. The third-order valence-corrected chi connectivity index (χ3v) is 4.20. The lowest BCUT2D eigenvalue weighted by Gasteiger charge is -2.25. The Labute approximate surface area is 119 Å². The molecule has 1 fully saturated rings. The van der Waals surface area contributed by atoms with Crippen LogP contribution in [0.3, 0.4) is 0 Å². The minimum atomic E-state index is 0.291. The molecule has 0 aromatic heterocycles. The maximum Gasteiger partial charge on any atom is 0.0998 e. The Bertz CT molecular complexity index is 674. The van der Waals surface area contributed by atoms with Crippen LogP contribution >= 0.6 is 0 Å². The summed E-state index contributed by atoms with van der Waals surface area (Å²) in [5, 5.41) is 11.4. The third kappa shape index (κ3) is 2.03. The predicted molar refractivity (Wildman–Crippen MR) is 80.9 cm³/mol. The predicted octanol–water partition coefficient (Wildman–Crippen LogP) is 3.33. The number of rotatable bonds is 2. The van der Waals surface area contributed by atoms with Gasteiger partial charge in [-0.1, -0.05) is 24.3 Å². The molecule has 0 bridgehead atoms. The Morgan fingerprint density at radius 3 is 2.60 bits per heavy atom. The highest BCUT2D eigenvalue weighted by atomic mass is 16.5. The van der Waals surface area contributed by atoms with E-state index in [0.29, 0.717) is 12.1 Å². The van der Waals surface area contributed by atoms with Crippen molar-refractivity contribution in [3.63, 3.8) is 0 Å². The SMILES string of the molecule is COC1CC(C)N(c2ccc(C#N)c3ccccc23)C1. The van der Waals surface area contributed by atoms with Crippen LogP contribution in [-0.4, -0.2) is 25.8 Å². The third-order valence-electron chi connectivity index (χ3n) is 4.20. The molecule has 1 aliphatic rings. The van der Waals surface area contributed by atoms with E-state index in [1.807, 2.05) is 24.3 Å². The van der Waals surface area contributed by atoms with Crippen LogP contribution in [0.1, 0.15) is 18.9 Å². The molecule has 2 aromatic carbocycles. The molecule has 0 amide bonds. The van der Waals surface area contributed by atoms with Crippen molar-refractivity contribution in [1.82, 2.24) is 0 Å². The van der Waals surface area contributed by atoms with E-state index in [4.69, 9.17) is 4.74 Å². The van der Waals surface area contributed by atoms with Crippen molar-refractivity contribution in [2.24, 2.45) is 0 Å². The van der Waals surface area contributed by atoms with Crippen LogP contribution in [0.15, 0.2) is 36.4 Å². The van der Waals surface area contributed by atoms with Gasteiger partial charge in [0.25, 0.3) is 0 Å². The Balaban J connectivity index is 2.12. The van der Waals surface area contributed by atoms with Crippen molar-refractivity contribution < 1.29 is 4.74 Å². The summed E-state index contributed by atoms with van der Waals surface area (Å²) in [5.74, 6) is 0. The van der Waals surface area contributed by atoms with Crippen LogP contribution in [0.25, 0.3) is 10.8 Å². The second kappa shape index (κ2) is 5.15. The van der Waals surface area contributed by atoms with Gasteiger partial charge in [0.1, 0.15) is 0 Å². The number of ether oxygens (including phenoxy) is 1. The van der Waals surface area contributed by atoms with Crippen molar-refractivity contribution in [2.75, 3.05) is 18.6 Å². The molecule has 3 heteroatoms. The Morgan fingerprint density at radius 1 is 1.20 bits per heavy atom. The lowest BCUT2D eigenvalue weighted by atomic mass is 10.0. The zero-order valence-electron chi connectivity index (χ0n) is 11.8. The molecular weight excluding hydrogens is 248 g/mol. The average molecular weight is 266 g/mol. The van der Waals surface area contributed by atoms with Gasteiger partial charge in [0, 0.05) is 36.2 Å². The fraction of sp³-hybridized carbons (Fsp3) is 0.353. The molecule has 0 N–H and O–H groups in total. The zero-order valence-corrected chi connectivity index (χ0v) is 11.8. The second-order valence-corrected chi connectivity index (χ2v) is 5.38. The highest BCUT2D eigenvalue weighted by Crippen LogP contribution is 2.34. The van der Waals surface area contributed by atoms with Gasteiger partial charge in [-0.25, -0.2) is 0 Å². The molecule has 3 rings (SSSR count). The molecule has 20 heavy (non-hydrogen) atoms. The lowest BCUT2D eigenvalue weighted by Crippen LogP contribution is -2.27. The van der Waals surface area contributed by atoms with E-state index in [1.165, 1.54) is 5.69 Å². The minimum Gasteiger partial charge on any atom is -0.380 e. The second-order valence-electron chi connectivity index (χ2n) is 5.38. The number of nitrogens with zero attached hydrogens (tertiary/aromatic N) is 2. The molecule has 3 nitrogen and oxygen atoms in total. The number of hydrogen-bond acceptors (Lipinski definition) is 3. The van der Waals surface area contributed by atoms with Gasteiger partial charge in [-0.2, -0.15) is 5.26 Å². The zero-order chi connectivity index (χ0) is 14.1. The highest BCUT2D eigenvalue weighted by Gasteiger charge is 2.30. The fourth-order valence-electron chi connectivity index (χ4n) is 3.12. The first-order chi connectivity index (χ1) is 9.74. The normalized spacial score (nSPS) is 22.1.